The molecule has 28 heavy (non-hydrogen) atoms. The minimum Gasteiger partial charge on any atom is -0.467 e. The third-order valence-corrected chi connectivity index (χ3v) is 3.50. The number of aromatic nitrogens is 3. The average molecular weight is 418 g/mol. The zero-order chi connectivity index (χ0) is 20.9. The molecule has 0 aliphatic rings. The summed E-state index contributed by atoms with van der Waals surface area (Å²) in [6, 6.07) is 2.11. The van der Waals surface area contributed by atoms with Crippen LogP contribution < -0.4 is 15.4 Å². The van der Waals surface area contributed by atoms with Gasteiger partial charge in [0.2, 0.25) is 17.7 Å². The van der Waals surface area contributed by atoms with Crippen molar-refractivity contribution in [1.29, 1.82) is 0 Å². The number of nitrogens with zero attached hydrogens (tertiary/aromatic N) is 3. The molecule has 150 valence electrons. The molecule has 2 rings (SSSR count). The minimum absolute atomic E-state index is 0.00906. The molecule has 0 aromatic carbocycles. The second kappa shape index (κ2) is 8.83. The van der Waals surface area contributed by atoms with Crippen LogP contribution >= 0.6 is 11.6 Å². The Hall–Kier alpha value is -2.95. The molecule has 8 nitrogen and oxygen atoms in total. The Morgan fingerprint density at radius 1 is 1.32 bits per heavy atom. The molecule has 2 N–H and O–H groups in total. The number of ether oxygens (including phenoxy) is 1. The number of rotatable bonds is 6. The van der Waals surface area contributed by atoms with Gasteiger partial charge in [-0.2, -0.15) is 13.2 Å². The monoisotopic (exact) mass is 417 g/mol. The summed E-state index contributed by atoms with van der Waals surface area (Å²) in [6.45, 7) is 1.38. The Morgan fingerprint density at radius 3 is 2.64 bits per heavy atom. The smallest absolute Gasteiger partial charge is 0.422 e. The lowest BCUT2D eigenvalue weighted by atomic mass is 10.1. The van der Waals surface area contributed by atoms with Crippen molar-refractivity contribution < 1.29 is 27.5 Å². The number of hydrogen-bond acceptors (Lipinski definition) is 6. The predicted octanol–water partition coefficient (Wildman–Crippen LogP) is 2.92. The van der Waals surface area contributed by atoms with E-state index in [-0.39, 0.29) is 28.5 Å². The highest BCUT2D eigenvalue weighted by molar-refractivity contribution is 6.31. The first-order chi connectivity index (χ1) is 13.0. The van der Waals surface area contributed by atoms with Crippen molar-refractivity contribution in [3.05, 3.63) is 40.8 Å². The lowest BCUT2D eigenvalue weighted by Crippen LogP contribution is -2.28. The third-order valence-electron chi connectivity index (χ3n) is 3.22. The van der Waals surface area contributed by atoms with Crippen LogP contribution in [0.4, 0.5) is 19.1 Å². The summed E-state index contributed by atoms with van der Waals surface area (Å²) in [5.74, 6) is -1.34. The van der Waals surface area contributed by atoms with Crippen LogP contribution in [0.5, 0.6) is 5.88 Å². The van der Waals surface area contributed by atoms with Crippen molar-refractivity contribution in [1.82, 2.24) is 20.3 Å². The van der Waals surface area contributed by atoms with Crippen molar-refractivity contribution in [2.45, 2.75) is 26.1 Å². The van der Waals surface area contributed by atoms with E-state index >= 15 is 0 Å². The normalized spacial score (nSPS) is 12.2. The molecular weight excluding hydrogens is 403 g/mol. The number of carbonyl (C=O) groups excluding carboxylic acids is 2. The molecule has 0 aliphatic carbocycles. The topological polar surface area (TPSA) is 106 Å². The van der Waals surface area contributed by atoms with Crippen molar-refractivity contribution >= 4 is 29.4 Å². The molecule has 2 amide bonds. The highest BCUT2D eigenvalue weighted by Crippen LogP contribution is 2.27. The summed E-state index contributed by atoms with van der Waals surface area (Å²) in [5.41, 5.74) is 0.448. The van der Waals surface area contributed by atoms with Gasteiger partial charge < -0.3 is 10.1 Å². The Balaban J connectivity index is 2.06. The number of anilines is 1. The molecule has 0 saturated carbocycles. The first kappa shape index (κ1) is 21.4. The van der Waals surface area contributed by atoms with Crippen molar-refractivity contribution in [3.63, 3.8) is 0 Å². The second-order valence-electron chi connectivity index (χ2n) is 5.60. The van der Waals surface area contributed by atoms with Crippen molar-refractivity contribution in [2.24, 2.45) is 0 Å². The number of alkyl halides is 3. The van der Waals surface area contributed by atoms with Crippen LogP contribution in [0.25, 0.3) is 0 Å². The zero-order valence-electron chi connectivity index (χ0n) is 14.7. The summed E-state index contributed by atoms with van der Waals surface area (Å²) >= 11 is 5.90. The van der Waals surface area contributed by atoms with Crippen LogP contribution in [0.15, 0.2) is 24.5 Å². The Bertz CT molecular complexity index is 879. The maximum absolute atomic E-state index is 12.3. The maximum Gasteiger partial charge on any atom is 0.422 e. The number of carbonyl (C=O) groups is 2. The fourth-order valence-corrected chi connectivity index (χ4v) is 2.22. The standard InChI is InChI=1S/C16H15ClF3N5O3/c1-8(10-5-11(17)14(22-6-10)28-7-16(18,19)20)23-13(27)12-3-4-21-15(25-12)24-9(2)26/h3-6,8H,7H2,1-2H3,(H,23,27)(H,21,24,25,26). The van der Waals surface area contributed by atoms with Crippen LogP contribution in [0.3, 0.4) is 0 Å². The van der Waals surface area contributed by atoms with E-state index in [1.165, 1.54) is 31.5 Å². The Kier molecular flexibility index (Phi) is 6.73. The van der Waals surface area contributed by atoms with Gasteiger partial charge in [0.15, 0.2) is 6.61 Å². The molecule has 0 saturated heterocycles. The Morgan fingerprint density at radius 2 is 2.04 bits per heavy atom. The van der Waals surface area contributed by atoms with Gasteiger partial charge >= 0.3 is 6.18 Å². The maximum atomic E-state index is 12.3. The minimum atomic E-state index is -4.52. The van der Waals surface area contributed by atoms with Crippen molar-refractivity contribution in [3.8, 4) is 5.88 Å². The van der Waals surface area contributed by atoms with Crippen LogP contribution in [-0.2, 0) is 4.79 Å². The lowest BCUT2D eigenvalue weighted by Gasteiger charge is -2.15. The number of pyridine rings is 1. The Labute approximate surface area is 162 Å². The molecule has 2 heterocycles. The molecule has 0 spiro atoms. The van der Waals surface area contributed by atoms with E-state index in [2.05, 4.69) is 30.3 Å². The predicted molar refractivity (Wildman–Crippen MR) is 93.0 cm³/mol. The number of hydrogen-bond donors (Lipinski definition) is 2. The zero-order valence-corrected chi connectivity index (χ0v) is 15.4. The fourth-order valence-electron chi connectivity index (χ4n) is 1.99. The first-order valence-electron chi connectivity index (χ1n) is 7.81. The van der Waals surface area contributed by atoms with Gasteiger partial charge in [-0.05, 0) is 24.6 Å². The largest absolute Gasteiger partial charge is 0.467 e. The molecule has 0 bridgehead atoms. The van der Waals surface area contributed by atoms with Crippen LogP contribution in [0.1, 0.15) is 35.9 Å². The summed E-state index contributed by atoms with van der Waals surface area (Å²) in [7, 11) is 0. The SMILES string of the molecule is CC(=O)Nc1nccc(C(=O)NC(C)c2cnc(OCC(F)(F)F)c(Cl)c2)n1. The van der Waals surface area contributed by atoms with E-state index < -0.39 is 24.7 Å². The summed E-state index contributed by atoms with van der Waals surface area (Å²) < 4.78 is 41.1. The van der Waals surface area contributed by atoms with E-state index in [1.54, 1.807) is 6.92 Å². The molecule has 1 atom stereocenters. The van der Waals surface area contributed by atoms with Gasteiger partial charge in [-0.1, -0.05) is 11.6 Å². The van der Waals surface area contributed by atoms with Crippen LogP contribution in [0.2, 0.25) is 5.02 Å². The quantitative estimate of drug-likeness (QED) is 0.748. The van der Waals surface area contributed by atoms with E-state index in [4.69, 9.17) is 11.6 Å². The molecule has 0 aliphatic heterocycles. The van der Waals surface area contributed by atoms with Crippen LogP contribution in [0, 0.1) is 0 Å². The average Bonchev–Trinajstić information content (AvgIpc) is 2.59. The summed E-state index contributed by atoms with van der Waals surface area (Å²) in [6.07, 6.45) is -1.97. The van der Waals surface area contributed by atoms with E-state index in [0.717, 1.165) is 0 Å². The number of halogens is 4. The molecule has 2 aromatic heterocycles. The van der Waals surface area contributed by atoms with Gasteiger partial charge in [-0.25, -0.2) is 15.0 Å². The van der Waals surface area contributed by atoms with Gasteiger partial charge in [0, 0.05) is 19.3 Å². The molecule has 0 fully saturated rings. The number of amides is 2. The van der Waals surface area contributed by atoms with Crippen LogP contribution in [-0.4, -0.2) is 39.5 Å². The molecule has 2 aromatic rings. The highest BCUT2D eigenvalue weighted by atomic mass is 35.5. The lowest BCUT2D eigenvalue weighted by molar-refractivity contribution is -0.154. The molecule has 12 heteroatoms. The van der Waals surface area contributed by atoms with Gasteiger partial charge in [-0.15, -0.1) is 0 Å². The van der Waals surface area contributed by atoms with Crippen molar-refractivity contribution in [2.75, 3.05) is 11.9 Å². The highest BCUT2D eigenvalue weighted by Gasteiger charge is 2.29. The first-order valence-corrected chi connectivity index (χ1v) is 8.19. The molecule has 1 unspecified atom stereocenters. The molecular formula is C16H15ClF3N5O3. The molecule has 0 radical (unpaired) electrons. The third kappa shape index (κ3) is 6.34. The summed E-state index contributed by atoms with van der Waals surface area (Å²) in [5, 5.41) is 4.87. The van der Waals surface area contributed by atoms with Gasteiger partial charge in [0.1, 0.15) is 10.7 Å². The van der Waals surface area contributed by atoms with E-state index in [0.29, 0.717) is 5.56 Å². The van der Waals surface area contributed by atoms with Gasteiger partial charge in [0.25, 0.3) is 5.91 Å². The fraction of sp³-hybridized carbons (Fsp3) is 0.312. The van der Waals surface area contributed by atoms with Gasteiger partial charge in [0.05, 0.1) is 6.04 Å². The van der Waals surface area contributed by atoms with Gasteiger partial charge in [-0.3, -0.25) is 14.9 Å². The summed E-state index contributed by atoms with van der Waals surface area (Å²) in [4.78, 5) is 34.8. The number of nitrogens with one attached hydrogen (secondary N) is 2. The van der Waals surface area contributed by atoms with E-state index in [9.17, 15) is 22.8 Å². The van der Waals surface area contributed by atoms with E-state index in [1.807, 2.05) is 0 Å². The second-order valence-corrected chi connectivity index (χ2v) is 6.01.